The summed E-state index contributed by atoms with van der Waals surface area (Å²) in [4.78, 5) is 23.2. The van der Waals surface area contributed by atoms with Crippen LogP contribution in [0.1, 0.15) is 45.6 Å². The molecule has 0 bridgehead atoms. The highest BCUT2D eigenvalue weighted by atomic mass is 16.5. The van der Waals surface area contributed by atoms with E-state index in [-0.39, 0.29) is 18.4 Å². The summed E-state index contributed by atoms with van der Waals surface area (Å²) in [6, 6.07) is 7.00. The summed E-state index contributed by atoms with van der Waals surface area (Å²) in [5.41, 5.74) is 6.36. The SMILES string of the molecule is CCC(C)c1ccccc1OCC(=O)NC(C(N)=O)C(C)C. The fourth-order valence-electron chi connectivity index (χ4n) is 2.16. The van der Waals surface area contributed by atoms with Crippen molar-refractivity contribution in [2.24, 2.45) is 11.7 Å². The van der Waals surface area contributed by atoms with Crippen LogP contribution in [-0.4, -0.2) is 24.5 Å². The topological polar surface area (TPSA) is 81.4 Å². The Bertz CT molecular complexity index is 514. The van der Waals surface area contributed by atoms with Gasteiger partial charge in [-0.2, -0.15) is 0 Å². The van der Waals surface area contributed by atoms with E-state index in [1.54, 1.807) is 0 Å². The Morgan fingerprint density at radius 3 is 2.41 bits per heavy atom. The third-order valence-electron chi connectivity index (χ3n) is 3.71. The Morgan fingerprint density at radius 2 is 1.86 bits per heavy atom. The summed E-state index contributed by atoms with van der Waals surface area (Å²) < 4.78 is 5.62. The molecule has 122 valence electrons. The lowest BCUT2D eigenvalue weighted by molar-refractivity contribution is -0.129. The van der Waals surface area contributed by atoms with Gasteiger partial charge in [0.1, 0.15) is 11.8 Å². The maximum absolute atomic E-state index is 11.9. The lowest BCUT2D eigenvalue weighted by Gasteiger charge is -2.20. The molecule has 0 fully saturated rings. The van der Waals surface area contributed by atoms with Crippen molar-refractivity contribution in [3.8, 4) is 5.75 Å². The van der Waals surface area contributed by atoms with E-state index in [9.17, 15) is 9.59 Å². The van der Waals surface area contributed by atoms with E-state index in [0.717, 1.165) is 12.0 Å². The third kappa shape index (κ3) is 5.06. The monoisotopic (exact) mass is 306 g/mol. The molecule has 3 N–H and O–H groups in total. The number of para-hydroxylation sites is 1. The van der Waals surface area contributed by atoms with Crippen molar-refractivity contribution in [1.29, 1.82) is 0 Å². The van der Waals surface area contributed by atoms with Crippen molar-refractivity contribution >= 4 is 11.8 Å². The van der Waals surface area contributed by atoms with E-state index in [0.29, 0.717) is 11.7 Å². The van der Waals surface area contributed by atoms with Crippen LogP contribution in [-0.2, 0) is 9.59 Å². The van der Waals surface area contributed by atoms with Gasteiger partial charge in [0.25, 0.3) is 5.91 Å². The van der Waals surface area contributed by atoms with Gasteiger partial charge < -0.3 is 15.8 Å². The number of hydrogen-bond acceptors (Lipinski definition) is 3. The first kappa shape index (κ1) is 18.0. The first-order valence-corrected chi connectivity index (χ1v) is 7.67. The van der Waals surface area contributed by atoms with Gasteiger partial charge in [0.2, 0.25) is 5.91 Å². The predicted octanol–water partition coefficient (Wildman–Crippen LogP) is 2.20. The highest BCUT2D eigenvalue weighted by Gasteiger charge is 2.22. The zero-order valence-corrected chi connectivity index (χ0v) is 13.8. The van der Waals surface area contributed by atoms with Gasteiger partial charge in [0.15, 0.2) is 6.61 Å². The molecule has 0 aromatic heterocycles. The maximum atomic E-state index is 11.9. The van der Waals surface area contributed by atoms with E-state index < -0.39 is 11.9 Å². The standard InChI is InChI=1S/C17H26N2O3/c1-5-12(4)13-8-6-7-9-14(13)22-10-15(20)19-16(11(2)3)17(18)21/h6-9,11-12,16H,5,10H2,1-4H3,(H2,18,21)(H,19,20). The lowest BCUT2D eigenvalue weighted by Crippen LogP contribution is -2.49. The van der Waals surface area contributed by atoms with Crippen molar-refractivity contribution < 1.29 is 14.3 Å². The largest absolute Gasteiger partial charge is 0.483 e. The van der Waals surface area contributed by atoms with Crippen LogP contribution in [0.4, 0.5) is 0 Å². The Balaban J connectivity index is 2.67. The van der Waals surface area contributed by atoms with Crippen LogP contribution in [0.15, 0.2) is 24.3 Å². The van der Waals surface area contributed by atoms with Gasteiger partial charge in [0, 0.05) is 0 Å². The number of hydrogen-bond donors (Lipinski definition) is 2. The zero-order chi connectivity index (χ0) is 16.7. The van der Waals surface area contributed by atoms with Crippen molar-refractivity contribution in [2.45, 2.75) is 46.1 Å². The van der Waals surface area contributed by atoms with Gasteiger partial charge in [-0.15, -0.1) is 0 Å². The molecule has 0 saturated heterocycles. The number of primary amides is 1. The second-order valence-electron chi connectivity index (χ2n) is 5.83. The molecule has 5 nitrogen and oxygen atoms in total. The Labute approximate surface area is 132 Å². The molecule has 0 saturated carbocycles. The molecular formula is C17H26N2O3. The van der Waals surface area contributed by atoms with Crippen molar-refractivity contribution in [3.05, 3.63) is 29.8 Å². The minimum atomic E-state index is -0.680. The van der Waals surface area contributed by atoms with Crippen molar-refractivity contribution in [3.63, 3.8) is 0 Å². The van der Waals surface area contributed by atoms with Crippen LogP contribution in [0.25, 0.3) is 0 Å². The highest BCUT2D eigenvalue weighted by molar-refractivity contribution is 5.87. The Morgan fingerprint density at radius 1 is 1.23 bits per heavy atom. The van der Waals surface area contributed by atoms with Crippen LogP contribution in [0.5, 0.6) is 5.75 Å². The molecule has 0 aliphatic rings. The normalized spacial score (nSPS) is 13.5. The van der Waals surface area contributed by atoms with Crippen LogP contribution >= 0.6 is 0 Å². The van der Waals surface area contributed by atoms with E-state index in [1.165, 1.54) is 0 Å². The van der Waals surface area contributed by atoms with Gasteiger partial charge in [-0.3, -0.25) is 9.59 Å². The Kier molecular flexibility index (Phi) is 6.89. The number of ether oxygens (including phenoxy) is 1. The number of nitrogens with two attached hydrogens (primary N) is 1. The number of carbonyl (C=O) groups is 2. The zero-order valence-electron chi connectivity index (χ0n) is 13.8. The van der Waals surface area contributed by atoms with E-state index in [1.807, 2.05) is 38.1 Å². The Hall–Kier alpha value is -2.04. The van der Waals surface area contributed by atoms with E-state index >= 15 is 0 Å². The number of rotatable bonds is 8. The third-order valence-corrected chi connectivity index (χ3v) is 3.71. The molecule has 0 heterocycles. The van der Waals surface area contributed by atoms with Gasteiger partial charge in [-0.1, -0.05) is 45.9 Å². The van der Waals surface area contributed by atoms with Gasteiger partial charge >= 0.3 is 0 Å². The molecule has 22 heavy (non-hydrogen) atoms. The molecule has 0 spiro atoms. The second kappa shape index (κ2) is 8.41. The van der Waals surface area contributed by atoms with Crippen molar-refractivity contribution in [1.82, 2.24) is 5.32 Å². The molecule has 0 radical (unpaired) electrons. The first-order valence-electron chi connectivity index (χ1n) is 7.67. The number of benzene rings is 1. The fraction of sp³-hybridized carbons (Fsp3) is 0.529. The molecule has 1 rings (SSSR count). The molecule has 2 unspecified atom stereocenters. The molecule has 2 amide bonds. The maximum Gasteiger partial charge on any atom is 0.258 e. The minimum absolute atomic E-state index is 0.0613. The summed E-state index contributed by atoms with van der Waals surface area (Å²) in [5, 5.41) is 2.61. The quantitative estimate of drug-likeness (QED) is 0.772. The van der Waals surface area contributed by atoms with E-state index in [4.69, 9.17) is 10.5 Å². The average Bonchev–Trinajstić information content (AvgIpc) is 2.49. The number of amides is 2. The lowest BCUT2D eigenvalue weighted by atomic mass is 9.98. The van der Waals surface area contributed by atoms with Crippen LogP contribution in [0, 0.1) is 5.92 Å². The van der Waals surface area contributed by atoms with Gasteiger partial charge in [-0.05, 0) is 29.9 Å². The molecular weight excluding hydrogens is 280 g/mol. The summed E-state index contributed by atoms with van der Waals surface area (Å²) >= 11 is 0. The van der Waals surface area contributed by atoms with E-state index in [2.05, 4.69) is 19.2 Å². The highest BCUT2D eigenvalue weighted by Crippen LogP contribution is 2.28. The summed E-state index contributed by atoms with van der Waals surface area (Å²) in [7, 11) is 0. The first-order chi connectivity index (χ1) is 10.4. The molecule has 0 aliphatic heterocycles. The molecule has 1 aromatic carbocycles. The second-order valence-corrected chi connectivity index (χ2v) is 5.83. The molecule has 1 aromatic rings. The van der Waals surface area contributed by atoms with Crippen LogP contribution in [0.2, 0.25) is 0 Å². The molecule has 0 aliphatic carbocycles. The minimum Gasteiger partial charge on any atom is -0.483 e. The summed E-state index contributed by atoms with van der Waals surface area (Å²) in [6.45, 7) is 7.74. The number of carbonyl (C=O) groups excluding carboxylic acids is 2. The van der Waals surface area contributed by atoms with Gasteiger partial charge in [0.05, 0.1) is 0 Å². The average molecular weight is 306 g/mol. The summed E-state index contributed by atoms with van der Waals surface area (Å²) in [5.74, 6) is 0.106. The predicted molar refractivity (Wildman–Crippen MR) is 86.6 cm³/mol. The van der Waals surface area contributed by atoms with Gasteiger partial charge in [-0.25, -0.2) is 0 Å². The van der Waals surface area contributed by atoms with Crippen LogP contribution in [0.3, 0.4) is 0 Å². The van der Waals surface area contributed by atoms with Crippen molar-refractivity contribution in [2.75, 3.05) is 6.61 Å². The molecule has 5 heteroatoms. The number of nitrogens with one attached hydrogen (secondary N) is 1. The smallest absolute Gasteiger partial charge is 0.258 e. The summed E-state index contributed by atoms with van der Waals surface area (Å²) in [6.07, 6.45) is 0.990. The van der Waals surface area contributed by atoms with Crippen LogP contribution < -0.4 is 15.8 Å². The molecule has 2 atom stereocenters. The fourth-order valence-corrected chi connectivity index (χ4v) is 2.16.